The number of ether oxygens (including phenoxy) is 1. The van der Waals surface area contributed by atoms with Gasteiger partial charge in [0.05, 0.1) is 0 Å². The van der Waals surface area contributed by atoms with E-state index in [-0.39, 0.29) is 5.82 Å². The van der Waals surface area contributed by atoms with Crippen LogP contribution in [-0.4, -0.2) is 30.5 Å². The van der Waals surface area contributed by atoms with Gasteiger partial charge in [0.15, 0.2) is 0 Å². The molecule has 1 aromatic carbocycles. The van der Waals surface area contributed by atoms with E-state index in [1.54, 1.807) is 61.1 Å². The highest BCUT2D eigenvalue weighted by Crippen LogP contribution is 2.23. The van der Waals surface area contributed by atoms with Gasteiger partial charge in [-0.25, -0.2) is 9.50 Å². The first-order chi connectivity index (χ1) is 12.7. The Morgan fingerprint density at radius 2 is 1.92 bits per heavy atom. The molecule has 1 N–H and O–H groups in total. The Labute approximate surface area is 148 Å². The predicted molar refractivity (Wildman–Crippen MR) is 94.2 cm³/mol. The lowest BCUT2D eigenvalue weighted by Gasteiger charge is -2.07. The number of benzene rings is 1. The first-order valence-electron chi connectivity index (χ1n) is 7.87. The second-order valence-electron chi connectivity index (χ2n) is 5.50. The van der Waals surface area contributed by atoms with Crippen molar-refractivity contribution in [2.24, 2.45) is 0 Å². The molecule has 8 nitrogen and oxygen atoms in total. The summed E-state index contributed by atoms with van der Waals surface area (Å²) < 4.78 is 7.26. The predicted octanol–water partition coefficient (Wildman–Crippen LogP) is 2.87. The Balaban J connectivity index is 1.53. The van der Waals surface area contributed by atoms with Crippen molar-refractivity contribution in [2.75, 3.05) is 5.32 Å². The van der Waals surface area contributed by atoms with Crippen LogP contribution in [0.2, 0.25) is 0 Å². The van der Waals surface area contributed by atoms with E-state index < -0.39 is 5.91 Å². The highest BCUT2D eigenvalue weighted by molar-refractivity contribution is 6.01. The molecule has 4 aromatic rings. The van der Waals surface area contributed by atoms with Crippen molar-refractivity contribution in [1.29, 1.82) is 0 Å². The molecule has 3 heterocycles. The Morgan fingerprint density at radius 3 is 2.73 bits per heavy atom. The normalized spacial score (nSPS) is 10.7. The van der Waals surface area contributed by atoms with Crippen LogP contribution in [0.15, 0.2) is 61.1 Å². The number of carbonyl (C=O) groups is 1. The van der Waals surface area contributed by atoms with Gasteiger partial charge in [-0.15, -0.1) is 5.10 Å². The zero-order chi connectivity index (χ0) is 17.9. The Bertz CT molecular complexity index is 1080. The Kier molecular flexibility index (Phi) is 3.98. The van der Waals surface area contributed by atoms with Crippen molar-refractivity contribution >= 4 is 17.4 Å². The lowest BCUT2D eigenvalue weighted by Crippen LogP contribution is -2.14. The summed E-state index contributed by atoms with van der Waals surface area (Å²) in [5.41, 5.74) is 1.42. The third-order valence-corrected chi connectivity index (χ3v) is 3.61. The molecule has 0 saturated carbocycles. The van der Waals surface area contributed by atoms with E-state index in [1.807, 2.05) is 6.92 Å². The molecule has 128 valence electrons. The third-order valence-electron chi connectivity index (χ3n) is 3.61. The second-order valence-corrected chi connectivity index (χ2v) is 5.50. The van der Waals surface area contributed by atoms with E-state index in [4.69, 9.17) is 4.74 Å². The first kappa shape index (κ1) is 15.7. The van der Waals surface area contributed by atoms with E-state index >= 15 is 0 Å². The molecule has 0 saturated heterocycles. The van der Waals surface area contributed by atoms with Crippen molar-refractivity contribution in [3.63, 3.8) is 0 Å². The molecule has 4 rings (SSSR count). The number of hydrogen-bond acceptors (Lipinski definition) is 6. The van der Waals surface area contributed by atoms with E-state index in [1.165, 1.54) is 4.52 Å². The number of nitrogens with zero attached hydrogens (tertiary/aromatic N) is 5. The maximum atomic E-state index is 12.4. The molecule has 0 spiro atoms. The van der Waals surface area contributed by atoms with Gasteiger partial charge in [0, 0.05) is 36.0 Å². The lowest BCUT2D eigenvalue weighted by atomic mass is 10.3. The fraction of sp³-hybridized carbons (Fsp3) is 0.0556. The molecule has 3 aromatic heterocycles. The van der Waals surface area contributed by atoms with Crippen molar-refractivity contribution in [2.45, 2.75) is 6.92 Å². The van der Waals surface area contributed by atoms with Gasteiger partial charge in [-0.3, -0.25) is 9.78 Å². The molecule has 26 heavy (non-hydrogen) atoms. The van der Waals surface area contributed by atoms with Gasteiger partial charge >= 0.3 is 0 Å². The fourth-order valence-electron chi connectivity index (χ4n) is 2.37. The quantitative estimate of drug-likeness (QED) is 0.610. The molecule has 0 bridgehead atoms. The largest absolute Gasteiger partial charge is 0.457 e. The molecule has 0 atom stereocenters. The SMILES string of the molecule is Cc1ccnc2nc(C(=O)Nc3cccc(Oc4ccncc4)c3)nn12. The van der Waals surface area contributed by atoms with Gasteiger partial charge < -0.3 is 10.1 Å². The summed E-state index contributed by atoms with van der Waals surface area (Å²) in [6, 6.07) is 12.4. The minimum Gasteiger partial charge on any atom is -0.457 e. The molecule has 8 heteroatoms. The van der Waals surface area contributed by atoms with Crippen molar-refractivity contribution in [3.05, 3.63) is 72.6 Å². The smallest absolute Gasteiger partial charge is 0.295 e. The second kappa shape index (κ2) is 6.60. The topological polar surface area (TPSA) is 94.3 Å². The van der Waals surface area contributed by atoms with E-state index in [0.717, 1.165) is 5.69 Å². The number of aryl methyl sites for hydroxylation is 1. The third kappa shape index (κ3) is 3.20. The summed E-state index contributed by atoms with van der Waals surface area (Å²) >= 11 is 0. The molecule has 0 unspecified atom stereocenters. The van der Waals surface area contributed by atoms with Crippen LogP contribution in [0.4, 0.5) is 5.69 Å². The number of nitrogens with one attached hydrogen (secondary N) is 1. The summed E-state index contributed by atoms with van der Waals surface area (Å²) in [5.74, 6) is 1.26. The maximum absolute atomic E-state index is 12.4. The van der Waals surface area contributed by atoms with E-state index in [2.05, 4.69) is 25.4 Å². The zero-order valence-corrected chi connectivity index (χ0v) is 13.8. The lowest BCUT2D eigenvalue weighted by molar-refractivity contribution is 0.101. The number of fused-ring (bicyclic) bond motifs is 1. The monoisotopic (exact) mass is 346 g/mol. The van der Waals surface area contributed by atoms with Crippen LogP contribution in [-0.2, 0) is 0 Å². The average molecular weight is 346 g/mol. The summed E-state index contributed by atoms with van der Waals surface area (Å²) in [7, 11) is 0. The first-order valence-corrected chi connectivity index (χ1v) is 7.87. The summed E-state index contributed by atoms with van der Waals surface area (Å²) in [5, 5.41) is 6.96. The van der Waals surface area contributed by atoms with Gasteiger partial charge in [0.2, 0.25) is 5.82 Å². The molecular weight excluding hydrogens is 332 g/mol. The molecule has 0 fully saturated rings. The van der Waals surface area contributed by atoms with Gasteiger partial charge in [0.1, 0.15) is 11.5 Å². The number of rotatable bonds is 4. The van der Waals surface area contributed by atoms with Crippen LogP contribution in [0.3, 0.4) is 0 Å². The minimum absolute atomic E-state index is 0.0484. The van der Waals surface area contributed by atoms with E-state index in [0.29, 0.717) is 23.0 Å². The number of hydrogen-bond donors (Lipinski definition) is 1. The van der Waals surface area contributed by atoms with Crippen LogP contribution in [0.1, 0.15) is 16.3 Å². The number of carbonyl (C=O) groups excluding carboxylic acids is 1. The van der Waals surface area contributed by atoms with Crippen LogP contribution in [0.5, 0.6) is 11.5 Å². The molecule has 0 aliphatic heterocycles. The van der Waals surface area contributed by atoms with Gasteiger partial charge in [0.25, 0.3) is 11.7 Å². The summed E-state index contributed by atoms with van der Waals surface area (Å²) in [4.78, 5) is 24.6. The molecule has 0 aliphatic rings. The summed E-state index contributed by atoms with van der Waals surface area (Å²) in [6.07, 6.45) is 4.92. The zero-order valence-electron chi connectivity index (χ0n) is 13.8. The standard InChI is InChI=1S/C18H14N6O2/c1-12-5-10-20-18-22-16(23-24(12)18)17(25)21-13-3-2-4-15(11-13)26-14-6-8-19-9-7-14/h2-11H,1H3,(H,21,25). The Morgan fingerprint density at radius 1 is 1.08 bits per heavy atom. The van der Waals surface area contributed by atoms with Gasteiger partial charge in [-0.05, 0) is 37.3 Å². The highest BCUT2D eigenvalue weighted by atomic mass is 16.5. The van der Waals surface area contributed by atoms with Gasteiger partial charge in [-0.1, -0.05) is 6.07 Å². The minimum atomic E-state index is -0.420. The van der Waals surface area contributed by atoms with Crippen LogP contribution in [0, 0.1) is 6.92 Å². The highest BCUT2D eigenvalue weighted by Gasteiger charge is 2.14. The maximum Gasteiger partial charge on any atom is 0.295 e. The Hall–Kier alpha value is -3.81. The van der Waals surface area contributed by atoms with Crippen LogP contribution in [0.25, 0.3) is 5.78 Å². The van der Waals surface area contributed by atoms with Crippen LogP contribution < -0.4 is 10.1 Å². The average Bonchev–Trinajstić information content (AvgIpc) is 3.09. The molecule has 1 amide bonds. The fourth-order valence-corrected chi connectivity index (χ4v) is 2.37. The van der Waals surface area contributed by atoms with Crippen molar-refractivity contribution < 1.29 is 9.53 Å². The molecule has 0 aliphatic carbocycles. The van der Waals surface area contributed by atoms with Crippen molar-refractivity contribution in [3.8, 4) is 11.5 Å². The number of anilines is 1. The summed E-state index contributed by atoms with van der Waals surface area (Å²) in [6.45, 7) is 1.87. The van der Waals surface area contributed by atoms with E-state index in [9.17, 15) is 4.79 Å². The number of pyridine rings is 1. The molecular formula is C18H14N6O2. The van der Waals surface area contributed by atoms with Crippen LogP contribution >= 0.6 is 0 Å². The number of aromatic nitrogens is 5. The van der Waals surface area contributed by atoms with Gasteiger partial charge in [-0.2, -0.15) is 4.98 Å². The van der Waals surface area contributed by atoms with Crippen molar-refractivity contribution in [1.82, 2.24) is 24.6 Å². The number of amides is 1. The molecule has 0 radical (unpaired) electrons.